The predicted octanol–water partition coefficient (Wildman–Crippen LogP) is 1.85. The van der Waals surface area contributed by atoms with E-state index in [9.17, 15) is 0 Å². The van der Waals surface area contributed by atoms with E-state index < -0.39 is 0 Å². The maximum Gasteiger partial charge on any atom is 0.0312 e. The summed E-state index contributed by atoms with van der Waals surface area (Å²) in [5, 5.41) is 0. The molecule has 2 aromatic rings. The fraction of sp³-hybridized carbons (Fsp3) is 0.231. The van der Waals surface area contributed by atoms with E-state index in [-0.39, 0.29) is 27.1 Å². The maximum atomic E-state index is 5.20. The number of rotatable bonds is 5. The largest absolute Gasteiger partial charge is 0.800 e. The molecule has 0 unspecified atom stereocenters. The van der Waals surface area contributed by atoms with Crippen LogP contribution in [-0.2, 0) is 60.7 Å². The molecule has 0 N–H and O–H groups in total. The predicted molar refractivity (Wildman–Crippen MR) is 76.2 cm³/mol. The van der Waals surface area contributed by atoms with E-state index in [0.717, 1.165) is 11.1 Å². The zero-order chi connectivity index (χ0) is 12.8. The van der Waals surface area contributed by atoms with Gasteiger partial charge < -0.3 is 30.2 Å². The molecule has 105 valence electrons. The Hall–Kier alpha value is -0.300. The second-order valence-corrected chi connectivity index (χ2v) is 5.13. The molecule has 2 heterocycles. The Morgan fingerprint density at radius 2 is 1.42 bits per heavy atom. The van der Waals surface area contributed by atoms with Crippen molar-refractivity contribution >= 4 is 25.3 Å². The van der Waals surface area contributed by atoms with Gasteiger partial charge in [0.15, 0.2) is 0 Å². The molecule has 0 saturated heterocycles. The van der Waals surface area contributed by atoms with Gasteiger partial charge in [0.05, 0.1) is 0 Å². The van der Waals surface area contributed by atoms with E-state index in [0.29, 0.717) is 13.1 Å². The first-order valence-corrected chi connectivity index (χ1v) is 6.53. The quantitative estimate of drug-likeness (QED) is 0.490. The van der Waals surface area contributed by atoms with E-state index in [1.807, 2.05) is 41.6 Å². The van der Waals surface area contributed by atoms with Gasteiger partial charge in [0.2, 0.25) is 0 Å². The number of hydrogen-bond donors (Lipinski definition) is 0. The van der Waals surface area contributed by atoms with Crippen LogP contribution in [0.3, 0.4) is 0 Å². The molecule has 0 atom stereocenters. The number of nitrogens with zero attached hydrogens (tertiary/aromatic N) is 3. The summed E-state index contributed by atoms with van der Waals surface area (Å²) < 4.78 is -0.342. The summed E-state index contributed by atoms with van der Waals surface area (Å²) in [4.78, 5) is 10.2. The molecule has 2 aromatic heterocycles. The molecular weight excluding hydrogens is 459 g/mol. The van der Waals surface area contributed by atoms with Crippen LogP contribution in [0.1, 0.15) is 11.1 Å². The molecule has 0 aliphatic rings. The van der Waals surface area contributed by atoms with Gasteiger partial charge in [-0.25, -0.2) is 4.71 Å². The van der Waals surface area contributed by atoms with Crippen molar-refractivity contribution in [2.75, 3.05) is 0 Å². The molecule has 3 nitrogen and oxygen atoms in total. The molecule has 0 amide bonds. The minimum absolute atomic E-state index is 0. The third-order valence-corrected chi connectivity index (χ3v) is 3.11. The van der Waals surface area contributed by atoms with Crippen molar-refractivity contribution in [3.63, 3.8) is 0 Å². The third-order valence-electron chi connectivity index (χ3n) is 2.52. The van der Waals surface area contributed by atoms with Gasteiger partial charge in [0.25, 0.3) is 0 Å². The van der Waals surface area contributed by atoms with E-state index in [2.05, 4.69) is 9.97 Å². The first kappa shape index (κ1) is 16.8. The van der Waals surface area contributed by atoms with Crippen molar-refractivity contribution in [1.82, 2.24) is 14.9 Å². The topological polar surface area (TPSA) is 29.0 Å². The molecule has 6 heteroatoms. The summed E-state index contributed by atoms with van der Waals surface area (Å²) in [5.41, 5.74) is 2.22. The smallest absolute Gasteiger partial charge is 0.0312 e. The second-order valence-electron chi connectivity index (χ2n) is 3.93. The van der Waals surface area contributed by atoms with Crippen LogP contribution in [0, 0.1) is 0 Å². The van der Waals surface area contributed by atoms with Gasteiger partial charge in [0, 0.05) is 60.3 Å². The molecule has 2 rings (SSSR count). The molecule has 0 aliphatic heterocycles. The molecule has 0 fully saturated rings. The molecule has 0 spiro atoms. The minimum Gasteiger partial charge on any atom is -0.800 e. The average Bonchev–Trinajstić information content (AvgIpc) is 2.40. The van der Waals surface area contributed by atoms with Crippen molar-refractivity contribution in [1.29, 1.82) is 0 Å². The Kier molecular flexibility index (Phi) is 7.75. The van der Waals surface area contributed by atoms with E-state index in [4.69, 9.17) is 25.3 Å². The Morgan fingerprint density at radius 1 is 0.947 bits per heavy atom. The monoisotopic (exact) mass is 472 g/mol. The summed E-state index contributed by atoms with van der Waals surface area (Å²) in [6.07, 6.45) is 7.19. The molecule has 1 radical (unpaired) electrons. The van der Waals surface area contributed by atoms with Crippen molar-refractivity contribution in [2.24, 2.45) is 0 Å². The zero-order valence-electron chi connectivity index (χ0n) is 10.1. The Morgan fingerprint density at radius 3 is 1.74 bits per heavy atom. The standard InChI is InChI=1S/C13H15N3S2.Au/c17-13(18)16(9-11-3-1-5-14-7-11)10-12-4-2-6-15-8-12;/h1-8,13,17-18H,9-10H2;/p-2. The van der Waals surface area contributed by atoms with Crippen molar-refractivity contribution in [3.8, 4) is 0 Å². The van der Waals surface area contributed by atoms with Gasteiger partial charge in [-0.2, -0.15) is 0 Å². The van der Waals surface area contributed by atoms with Crippen LogP contribution in [0.25, 0.3) is 0 Å². The van der Waals surface area contributed by atoms with Crippen LogP contribution >= 0.6 is 0 Å². The van der Waals surface area contributed by atoms with Crippen molar-refractivity contribution in [2.45, 2.75) is 17.8 Å². The Labute approximate surface area is 140 Å². The molecule has 0 bridgehead atoms. The molecule has 0 aliphatic carbocycles. The van der Waals surface area contributed by atoms with Crippen LogP contribution in [0.4, 0.5) is 0 Å². The molecule has 0 saturated carbocycles. The van der Waals surface area contributed by atoms with Crippen LogP contribution < -0.4 is 0 Å². The van der Waals surface area contributed by atoms with Crippen molar-refractivity contribution in [3.05, 3.63) is 60.2 Å². The first-order valence-electron chi connectivity index (χ1n) is 5.59. The maximum absolute atomic E-state index is 5.20. The summed E-state index contributed by atoms with van der Waals surface area (Å²) >= 11 is 10.4. The summed E-state index contributed by atoms with van der Waals surface area (Å²) in [6, 6.07) is 7.88. The van der Waals surface area contributed by atoms with E-state index in [1.54, 1.807) is 12.4 Å². The van der Waals surface area contributed by atoms with Crippen LogP contribution in [0.15, 0.2) is 49.1 Å². The minimum atomic E-state index is -0.342. The van der Waals surface area contributed by atoms with Crippen LogP contribution in [0.2, 0.25) is 0 Å². The van der Waals surface area contributed by atoms with Gasteiger partial charge in [-0.3, -0.25) is 9.97 Å². The molecule has 19 heavy (non-hydrogen) atoms. The fourth-order valence-corrected chi connectivity index (χ4v) is 1.96. The van der Waals surface area contributed by atoms with Gasteiger partial charge in [-0.05, 0) is 23.3 Å². The number of hydrogen-bond acceptors (Lipinski definition) is 5. The zero-order valence-corrected chi connectivity index (χ0v) is 13.9. The second kappa shape index (κ2) is 8.79. The Bertz CT molecular complexity index is 426. The summed E-state index contributed by atoms with van der Waals surface area (Å²) in [7, 11) is 0. The summed E-state index contributed by atoms with van der Waals surface area (Å²) in [5.74, 6) is 0. The summed E-state index contributed by atoms with van der Waals surface area (Å²) in [6.45, 7) is 1.42. The van der Waals surface area contributed by atoms with Gasteiger partial charge >= 0.3 is 0 Å². The normalized spacial score (nSPS) is 10.5. The van der Waals surface area contributed by atoms with Crippen LogP contribution in [0.5, 0.6) is 0 Å². The Balaban J connectivity index is 0.00000180. The first-order chi connectivity index (χ1) is 8.75. The SMILES string of the molecule is [Au].[S-]C([S-])N(Cc1cccnc1)Cc1cccnc1. The van der Waals surface area contributed by atoms with Crippen LogP contribution in [-0.4, -0.2) is 19.6 Å². The van der Waals surface area contributed by atoms with Crippen molar-refractivity contribution < 1.29 is 22.4 Å². The molecular formula is C13H13AuN3S2-2. The van der Waals surface area contributed by atoms with Gasteiger partial charge in [0.1, 0.15) is 0 Å². The third kappa shape index (κ3) is 5.69. The van der Waals surface area contributed by atoms with Gasteiger partial charge in [-0.1, -0.05) is 12.1 Å². The molecule has 0 aromatic carbocycles. The number of pyridine rings is 2. The van der Waals surface area contributed by atoms with E-state index >= 15 is 0 Å². The fourth-order valence-electron chi connectivity index (χ4n) is 1.66. The number of aromatic nitrogens is 2. The average molecular weight is 472 g/mol. The van der Waals surface area contributed by atoms with E-state index in [1.165, 1.54) is 0 Å². The van der Waals surface area contributed by atoms with Gasteiger partial charge in [-0.15, -0.1) is 0 Å².